The van der Waals surface area contributed by atoms with Crippen LogP contribution >= 0.6 is 0 Å². The van der Waals surface area contributed by atoms with E-state index in [2.05, 4.69) is 43.0 Å². The van der Waals surface area contributed by atoms with Gasteiger partial charge in [-0.05, 0) is 61.7 Å². The summed E-state index contributed by atoms with van der Waals surface area (Å²) in [6.07, 6.45) is 9.27. The molecule has 25 heavy (non-hydrogen) atoms. The van der Waals surface area contributed by atoms with Gasteiger partial charge in [0.05, 0.1) is 6.61 Å². The van der Waals surface area contributed by atoms with E-state index in [9.17, 15) is 0 Å². The molecule has 132 valence electrons. The Balaban J connectivity index is 1.80. The lowest BCUT2D eigenvalue weighted by Crippen LogP contribution is -1.90. The minimum Gasteiger partial charge on any atom is -0.494 e. The molecule has 0 aliphatic heterocycles. The van der Waals surface area contributed by atoms with E-state index in [4.69, 9.17) is 4.74 Å². The topological polar surface area (TPSA) is 9.23 Å². The van der Waals surface area contributed by atoms with Crippen molar-refractivity contribution in [3.05, 3.63) is 65.2 Å². The van der Waals surface area contributed by atoms with E-state index < -0.39 is 0 Å². The number of rotatable bonds is 9. The van der Waals surface area contributed by atoms with E-state index >= 15 is 0 Å². The van der Waals surface area contributed by atoms with Crippen molar-refractivity contribution >= 4 is 0 Å². The van der Waals surface area contributed by atoms with Crippen LogP contribution in [-0.4, -0.2) is 6.61 Å². The molecule has 0 atom stereocenters. The quantitative estimate of drug-likeness (QED) is 0.381. The van der Waals surface area contributed by atoms with Gasteiger partial charge in [0.1, 0.15) is 5.75 Å². The molecule has 2 aromatic rings. The highest BCUT2D eigenvalue weighted by atomic mass is 16.5. The van der Waals surface area contributed by atoms with Gasteiger partial charge in [-0.2, -0.15) is 0 Å². The van der Waals surface area contributed by atoms with Crippen LogP contribution in [-0.2, 0) is 6.42 Å². The van der Waals surface area contributed by atoms with Crippen LogP contribution in [0.5, 0.6) is 5.75 Å². The molecule has 1 nitrogen and oxygen atoms in total. The zero-order chi connectivity index (χ0) is 17.7. The lowest BCUT2D eigenvalue weighted by atomic mass is 10.0. The molecule has 0 aliphatic carbocycles. The predicted octanol–water partition coefficient (Wildman–Crippen LogP) is 6.39. The van der Waals surface area contributed by atoms with E-state index in [-0.39, 0.29) is 0 Å². The van der Waals surface area contributed by atoms with Gasteiger partial charge < -0.3 is 4.74 Å². The number of ether oxygens (including phenoxy) is 1. The van der Waals surface area contributed by atoms with Gasteiger partial charge in [-0.3, -0.25) is 0 Å². The van der Waals surface area contributed by atoms with E-state index in [1.54, 1.807) is 0 Å². The second-order valence-corrected chi connectivity index (χ2v) is 6.42. The number of aryl methyl sites for hydroxylation is 1. The average molecular weight is 335 g/mol. The van der Waals surface area contributed by atoms with Crippen LogP contribution in [0.1, 0.15) is 69.1 Å². The maximum absolute atomic E-state index is 5.45. The number of unbranched alkanes of at least 4 members (excludes halogenated alkanes) is 5. The molecule has 1 heteroatoms. The van der Waals surface area contributed by atoms with Crippen molar-refractivity contribution in [3.63, 3.8) is 0 Å². The van der Waals surface area contributed by atoms with Crippen LogP contribution in [0.2, 0.25) is 0 Å². The minimum absolute atomic E-state index is 0.691. The molecule has 2 aromatic carbocycles. The summed E-state index contributed by atoms with van der Waals surface area (Å²) in [6, 6.07) is 16.6. The smallest absolute Gasteiger partial charge is 0.119 e. The van der Waals surface area contributed by atoms with E-state index in [1.165, 1.54) is 50.5 Å². The Hall–Kier alpha value is -2.20. The fourth-order valence-corrected chi connectivity index (χ4v) is 2.81. The second kappa shape index (κ2) is 11.4. The number of hydrogen-bond acceptors (Lipinski definition) is 1. The van der Waals surface area contributed by atoms with Crippen molar-refractivity contribution in [1.29, 1.82) is 0 Å². The summed E-state index contributed by atoms with van der Waals surface area (Å²) in [6.45, 7) is 4.94. The third kappa shape index (κ3) is 7.48. The van der Waals surface area contributed by atoms with Gasteiger partial charge in [0.2, 0.25) is 0 Å². The molecule has 0 spiro atoms. The maximum atomic E-state index is 5.45. The Labute approximate surface area is 153 Å². The van der Waals surface area contributed by atoms with Crippen LogP contribution < -0.4 is 4.74 Å². The molecule has 2 rings (SSSR count). The van der Waals surface area contributed by atoms with Crippen molar-refractivity contribution in [2.45, 2.75) is 58.8 Å². The van der Waals surface area contributed by atoms with E-state index in [1.807, 2.05) is 31.2 Å². The third-order valence-electron chi connectivity index (χ3n) is 4.29. The first-order chi connectivity index (χ1) is 12.3. The van der Waals surface area contributed by atoms with Gasteiger partial charge in [-0.25, -0.2) is 0 Å². The molecule has 0 aromatic heterocycles. The summed E-state index contributed by atoms with van der Waals surface area (Å²) < 4.78 is 5.45. The molecule has 0 fully saturated rings. The van der Waals surface area contributed by atoms with Crippen molar-refractivity contribution < 1.29 is 4.74 Å². The fourth-order valence-electron chi connectivity index (χ4n) is 2.81. The Bertz CT molecular complexity index is 656. The van der Waals surface area contributed by atoms with Gasteiger partial charge in [0, 0.05) is 11.1 Å². The van der Waals surface area contributed by atoms with E-state index in [0.29, 0.717) is 6.61 Å². The largest absolute Gasteiger partial charge is 0.494 e. The molecule has 0 N–H and O–H groups in total. The second-order valence-electron chi connectivity index (χ2n) is 6.42. The molecular weight excluding hydrogens is 304 g/mol. The Kier molecular flexibility index (Phi) is 8.70. The van der Waals surface area contributed by atoms with Crippen LogP contribution in [0.15, 0.2) is 48.5 Å². The molecule has 0 heterocycles. The van der Waals surface area contributed by atoms with Crippen molar-refractivity contribution in [3.8, 4) is 17.6 Å². The lowest BCUT2D eigenvalue weighted by Gasteiger charge is -2.02. The predicted molar refractivity (Wildman–Crippen MR) is 107 cm³/mol. The zero-order valence-electron chi connectivity index (χ0n) is 15.7. The molecule has 0 unspecified atom stereocenters. The first kappa shape index (κ1) is 19.1. The van der Waals surface area contributed by atoms with Crippen LogP contribution in [0.25, 0.3) is 0 Å². The average Bonchev–Trinajstić information content (AvgIpc) is 2.65. The van der Waals surface area contributed by atoms with Gasteiger partial charge in [0.15, 0.2) is 0 Å². The summed E-state index contributed by atoms with van der Waals surface area (Å²) in [7, 11) is 0. The Morgan fingerprint density at radius 1 is 0.680 bits per heavy atom. The van der Waals surface area contributed by atoms with Gasteiger partial charge >= 0.3 is 0 Å². The number of hydrogen-bond donors (Lipinski definition) is 0. The Morgan fingerprint density at radius 3 is 1.84 bits per heavy atom. The highest BCUT2D eigenvalue weighted by Gasteiger charge is 1.95. The molecule has 0 amide bonds. The molecule has 0 saturated heterocycles. The highest BCUT2D eigenvalue weighted by Crippen LogP contribution is 2.13. The summed E-state index contributed by atoms with van der Waals surface area (Å²) in [4.78, 5) is 0. The van der Waals surface area contributed by atoms with Gasteiger partial charge in [-0.1, -0.05) is 63.0 Å². The first-order valence-corrected chi connectivity index (χ1v) is 9.65. The first-order valence-electron chi connectivity index (χ1n) is 9.65. The fraction of sp³-hybridized carbons (Fsp3) is 0.417. The van der Waals surface area contributed by atoms with Crippen molar-refractivity contribution in [1.82, 2.24) is 0 Å². The molecule has 0 radical (unpaired) electrons. The van der Waals surface area contributed by atoms with Crippen LogP contribution in [0, 0.1) is 11.8 Å². The normalized spacial score (nSPS) is 10.2. The molecular formula is C24H30O. The highest BCUT2D eigenvalue weighted by molar-refractivity contribution is 5.44. The summed E-state index contributed by atoms with van der Waals surface area (Å²) in [5.74, 6) is 7.35. The summed E-state index contributed by atoms with van der Waals surface area (Å²) in [5.41, 5.74) is 3.50. The monoisotopic (exact) mass is 334 g/mol. The summed E-state index contributed by atoms with van der Waals surface area (Å²) in [5, 5.41) is 0. The minimum atomic E-state index is 0.691. The van der Waals surface area contributed by atoms with Crippen LogP contribution in [0.4, 0.5) is 0 Å². The number of benzene rings is 2. The summed E-state index contributed by atoms with van der Waals surface area (Å²) >= 11 is 0. The molecule has 0 saturated carbocycles. The van der Waals surface area contributed by atoms with Crippen molar-refractivity contribution in [2.24, 2.45) is 0 Å². The van der Waals surface area contributed by atoms with E-state index in [0.717, 1.165) is 16.9 Å². The van der Waals surface area contributed by atoms with Gasteiger partial charge in [-0.15, -0.1) is 0 Å². The zero-order valence-corrected chi connectivity index (χ0v) is 15.7. The van der Waals surface area contributed by atoms with Crippen LogP contribution in [0.3, 0.4) is 0 Å². The molecule has 0 bridgehead atoms. The third-order valence-corrected chi connectivity index (χ3v) is 4.29. The maximum Gasteiger partial charge on any atom is 0.119 e. The SMILES string of the molecule is CCCCCCCCc1ccc(C#Cc2ccc(OCC)cc2)cc1. The standard InChI is InChI=1S/C24H30O/c1-3-5-6-7-8-9-10-21-11-13-22(14-12-21)15-16-23-17-19-24(20-18-23)25-4-2/h11-14,17-20H,3-10H2,1-2H3. The lowest BCUT2D eigenvalue weighted by molar-refractivity contribution is 0.340. The van der Waals surface area contributed by atoms with Gasteiger partial charge in [0.25, 0.3) is 0 Å². The van der Waals surface area contributed by atoms with Crippen molar-refractivity contribution in [2.75, 3.05) is 6.61 Å². The molecule has 0 aliphatic rings. The Morgan fingerprint density at radius 2 is 1.24 bits per heavy atom.